The second-order valence-corrected chi connectivity index (χ2v) is 6.04. The van der Waals surface area contributed by atoms with E-state index in [0.29, 0.717) is 0 Å². The molecule has 4 nitrogen and oxygen atoms in total. The molecule has 2 heterocycles. The van der Waals surface area contributed by atoms with Gasteiger partial charge in [0.2, 0.25) is 0 Å². The first kappa shape index (κ1) is 13.5. The van der Waals surface area contributed by atoms with Gasteiger partial charge in [0.15, 0.2) is 5.13 Å². The lowest BCUT2D eigenvalue weighted by Gasteiger charge is -2.13. The van der Waals surface area contributed by atoms with Crippen LogP contribution < -0.4 is 5.32 Å². The fourth-order valence-electron chi connectivity index (χ4n) is 1.61. The first-order chi connectivity index (χ1) is 8.78. The third-order valence-electron chi connectivity index (χ3n) is 2.42. The minimum Gasteiger partial charge on any atom is -0.362 e. The zero-order chi connectivity index (χ0) is 12.8. The summed E-state index contributed by atoms with van der Waals surface area (Å²) in [6.45, 7) is 4.95. The number of nitrogens with one attached hydrogen (secondary N) is 1. The van der Waals surface area contributed by atoms with Crippen molar-refractivity contribution in [3.63, 3.8) is 0 Å². The molecule has 0 aliphatic carbocycles. The van der Waals surface area contributed by atoms with Gasteiger partial charge in [0.05, 0.1) is 11.2 Å². The van der Waals surface area contributed by atoms with Gasteiger partial charge in [0, 0.05) is 36.1 Å². The molecule has 0 spiro atoms. The topological polar surface area (TPSA) is 41.1 Å². The Balaban J connectivity index is 1.83. The zero-order valence-electron chi connectivity index (χ0n) is 10.7. The Bertz CT molecular complexity index is 452. The van der Waals surface area contributed by atoms with E-state index in [0.717, 1.165) is 36.9 Å². The predicted molar refractivity (Wildman–Crippen MR) is 78.2 cm³/mol. The average molecular weight is 282 g/mol. The van der Waals surface area contributed by atoms with Crippen molar-refractivity contribution >= 4 is 27.8 Å². The van der Waals surface area contributed by atoms with E-state index in [1.165, 1.54) is 4.88 Å². The molecular formula is C12H18N4S2. The SMILES string of the molecule is CCCNc1ncc(CN(C)Cc2cscn2)s1. The third kappa shape index (κ3) is 4.04. The first-order valence-electron chi connectivity index (χ1n) is 6.02. The summed E-state index contributed by atoms with van der Waals surface area (Å²) < 4.78 is 0. The van der Waals surface area contributed by atoms with Gasteiger partial charge in [-0.15, -0.1) is 22.7 Å². The number of nitrogens with zero attached hydrogens (tertiary/aromatic N) is 3. The molecule has 0 atom stereocenters. The minimum absolute atomic E-state index is 0.888. The van der Waals surface area contributed by atoms with E-state index >= 15 is 0 Å². The van der Waals surface area contributed by atoms with E-state index in [-0.39, 0.29) is 0 Å². The Labute approximate surface area is 116 Å². The maximum absolute atomic E-state index is 4.37. The number of thiazole rings is 2. The van der Waals surface area contributed by atoms with Crippen LogP contribution in [0.3, 0.4) is 0 Å². The molecule has 0 saturated heterocycles. The van der Waals surface area contributed by atoms with Gasteiger partial charge < -0.3 is 5.32 Å². The van der Waals surface area contributed by atoms with Gasteiger partial charge in [-0.2, -0.15) is 0 Å². The molecule has 2 aromatic rings. The van der Waals surface area contributed by atoms with Crippen LogP contribution in [0.1, 0.15) is 23.9 Å². The Hall–Kier alpha value is -0.980. The molecule has 2 rings (SSSR count). The largest absolute Gasteiger partial charge is 0.362 e. The van der Waals surface area contributed by atoms with Crippen molar-refractivity contribution in [1.29, 1.82) is 0 Å². The van der Waals surface area contributed by atoms with Crippen molar-refractivity contribution in [2.24, 2.45) is 0 Å². The van der Waals surface area contributed by atoms with Gasteiger partial charge in [-0.05, 0) is 13.5 Å². The number of rotatable bonds is 7. The molecule has 0 amide bonds. The lowest BCUT2D eigenvalue weighted by atomic mass is 10.4. The van der Waals surface area contributed by atoms with Gasteiger partial charge in [-0.1, -0.05) is 6.92 Å². The molecule has 0 saturated carbocycles. The Kier molecular flexibility index (Phi) is 5.10. The highest BCUT2D eigenvalue weighted by molar-refractivity contribution is 7.15. The lowest BCUT2D eigenvalue weighted by Crippen LogP contribution is -2.16. The number of anilines is 1. The minimum atomic E-state index is 0.888. The van der Waals surface area contributed by atoms with Gasteiger partial charge >= 0.3 is 0 Å². The van der Waals surface area contributed by atoms with Crippen LogP contribution >= 0.6 is 22.7 Å². The number of hydrogen-bond acceptors (Lipinski definition) is 6. The smallest absolute Gasteiger partial charge is 0.182 e. The molecule has 0 aliphatic heterocycles. The van der Waals surface area contributed by atoms with E-state index in [1.807, 2.05) is 11.7 Å². The summed E-state index contributed by atoms with van der Waals surface area (Å²) >= 11 is 3.38. The van der Waals surface area contributed by atoms with Crippen LogP contribution in [0.25, 0.3) is 0 Å². The van der Waals surface area contributed by atoms with Gasteiger partial charge in [0.1, 0.15) is 0 Å². The molecular weight excluding hydrogens is 264 g/mol. The highest BCUT2D eigenvalue weighted by Gasteiger charge is 2.06. The van der Waals surface area contributed by atoms with Gasteiger partial charge in [-0.3, -0.25) is 4.90 Å². The number of aromatic nitrogens is 2. The predicted octanol–water partition coefficient (Wildman–Crippen LogP) is 3.05. The summed E-state index contributed by atoms with van der Waals surface area (Å²) in [5, 5.41) is 6.43. The quantitative estimate of drug-likeness (QED) is 0.847. The first-order valence-corrected chi connectivity index (χ1v) is 7.78. The molecule has 0 unspecified atom stereocenters. The van der Waals surface area contributed by atoms with Crippen LogP contribution in [0.5, 0.6) is 0 Å². The Morgan fingerprint density at radius 2 is 2.22 bits per heavy atom. The highest BCUT2D eigenvalue weighted by Crippen LogP contribution is 2.19. The fraction of sp³-hybridized carbons (Fsp3) is 0.500. The second kappa shape index (κ2) is 6.82. The summed E-state index contributed by atoms with van der Waals surface area (Å²) in [6, 6.07) is 0. The summed E-state index contributed by atoms with van der Waals surface area (Å²) in [6.07, 6.45) is 3.08. The Morgan fingerprint density at radius 3 is 2.94 bits per heavy atom. The molecule has 0 fully saturated rings. The van der Waals surface area contributed by atoms with Crippen molar-refractivity contribution < 1.29 is 0 Å². The molecule has 0 aliphatic rings. The van der Waals surface area contributed by atoms with Crippen molar-refractivity contribution in [2.45, 2.75) is 26.4 Å². The van der Waals surface area contributed by atoms with Crippen LogP contribution in [-0.4, -0.2) is 28.5 Å². The molecule has 2 aromatic heterocycles. The molecule has 0 radical (unpaired) electrons. The van der Waals surface area contributed by atoms with Crippen molar-refractivity contribution in [3.05, 3.63) is 27.7 Å². The average Bonchev–Trinajstić information content (AvgIpc) is 2.98. The van der Waals surface area contributed by atoms with Crippen molar-refractivity contribution in [1.82, 2.24) is 14.9 Å². The van der Waals surface area contributed by atoms with Crippen LogP contribution in [0.2, 0.25) is 0 Å². The van der Waals surface area contributed by atoms with Gasteiger partial charge in [0.25, 0.3) is 0 Å². The highest BCUT2D eigenvalue weighted by atomic mass is 32.1. The second-order valence-electron chi connectivity index (χ2n) is 4.21. The van der Waals surface area contributed by atoms with Crippen molar-refractivity contribution in [3.8, 4) is 0 Å². The van der Waals surface area contributed by atoms with E-state index in [4.69, 9.17) is 0 Å². The molecule has 1 N–H and O–H groups in total. The van der Waals surface area contributed by atoms with E-state index in [9.17, 15) is 0 Å². The maximum Gasteiger partial charge on any atom is 0.182 e. The summed E-state index contributed by atoms with van der Waals surface area (Å²) in [4.78, 5) is 12.2. The van der Waals surface area contributed by atoms with E-state index < -0.39 is 0 Å². The molecule has 0 aromatic carbocycles. The van der Waals surface area contributed by atoms with Crippen LogP contribution in [0.15, 0.2) is 17.1 Å². The summed E-state index contributed by atoms with van der Waals surface area (Å²) in [5.41, 5.74) is 3.01. The number of hydrogen-bond donors (Lipinski definition) is 1. The van der Waals surface area contributed by atoms with Crippen molar-refractivity contribution in [2.75, 3.05) is 18.9 Å². The van der Waals surface area contributed by atoms with Gasteiger partial charge in [-0.25, -0.2) is 9.97 Å². The summed E-state index contributed by atoms with van der Waals surface area (Å²) in [7, 11) is 2.11. The maximum atomic E-state index is 4.37. The van der Waals surface area contributed by atoms with Crippen LogP contribution in [-0.2, 0) is 13.1 Å². The standard InChI is InChI=1S/C12H18N4S2/c1-3-4-13-12-14-5-11(18-12)7-16(2)6-10-8-17-9-15-10/h5,8-9H,3-4,6-7H2,1-2H3,(H,13,14). The van der Waals surface area contributed by atoms with E-state index in [2.05, 4.69) is 39.5 Å². The molecule has 0 bridgehead atoms. The lowest BCUT2D eigenvalue weighted by molar-refractivity contribution is 0.318. The van der Waals surface area contributed by atoms with E-state index in [1.54, 1.807) is 22.7 Å². The Morgan fingerprint density at radius 1 is 1.33 bits per heavy atom. The van der Waals surface area contributed by atoms with Crippen LogP contribution in [0, 0.1) is 0 Å². The molecule has 6 heteroatoms. The monoisotopic (exact) mass is 282 g/mol. The molecule has 18 heavy (non-hydrogen) atoms. The summed E-state index contributed by atoms with van der Waals surface area (Å²) in [5.74, 6) is 0. The van der Waals surface area contributed by atoms with Crippen LogP contribution in [0.4, 0.5) is 5.13 Å². The fourth-order valence-corrected chi connectivity index (χ4v) is 3.08. The third-order valence-corrected chi connectivity index (χ3v) is 4.00. The normalized spacial score (nSPS) is 11.1. The molecule has 98 valence electrons. The zero-order valence-corrected chi connectivity index (χ0v) is 12.4.